The first-order valence-electron chi connectivity index (χ1n) is 12.3. The van der Waals surface area contributed by atoms with E-state index >= 15 is 0 Å². The van der Waals surface area contributed by atoms with Gasteiger partial charge in [0.25, 0.3) is 0 Å². The number of rotatable bonds is 12. The number of benzene rings is 1. The van der Waals surface area contributed by atoms with E-state index < -0.39 is 0 Å². The van der Waals surface area contributed by atoms with Crippen molar-refractivity contribution in [1.29, 1.82) is 0 Å². The molecule has 188 valence electrons. The molecule has 0 unspecified atom stereocenters. The zero-order valence-electron chi connectivity index (χ0n) is 20.3. The highest BCUT2D eigenvalue weighted by Crippen LogP contribution is 2.32. The Labute approximate surface area is 216 Å². The maximum absolute atomic E-state index is 6.21. The Bertz CT molecular complexity index is 692. The van der Waals surface area contributed by atoms with Gasteiger partial charge in [0.2, 0.25) is 0 Å². The molecule has 0 aromatic heterocycles. The Hall–Kier alpha value is -1.26. The molecule has 1 saturated heterocycles. The summed E-state index contributed by atoms with van der Waals surface area (Å²) in [4.78, 5) is 4.75. The van der Waals surface area contributed by atoms with E-state index in [-0.39, 0.29) is 24.0 Å². The van der Waals surface area contributed by atoms with Gasteiger partial charge < -0.3 is 29.6 Å². The molecule has 8 heteroatoms. The molecule has 1 saturated carbocycles. The second-order valence-corrected chi connectivity index (χ2v) is 8.62. The molecular formula is C25H42IN3O4. The molecule has 0 amide bonds. The zero-order valence-corrected chi connectivity index (χ0v) is 22.6. The van der Waals surface area contributed by atoms with Crippen LogP contribution in [0.15, 0.2) is 23.2 Å². The van der Waals surface area contributed by atoms with Gasteiger partial charge in [-0.3, -0.25) is 0 Å². The number of guanidine groups is 1. The molecule has 33 heavy (non-hydrogen) atoms. The number of halogens is 1. The number of hydrogen-bond donors (Lipinski definition) is 2. The minimum atomic E-state index is 0. The maximum atomic E-state index is 6.21. The molecule has 0 radical (unpaired) electrons. The molecule has 2 aliphatic rings. The monoisotopic (exact) mass is 575 g/mol. The lowest BCUT2D eigenvalue weighted by Crippen LogP contribution is -2.38. The van der Waals surface area contributed by atoms with Crippen LogP contribution in [0.25, 0.3) is 0 Å². The molecule has 2 fully saturated rings. The quantitative estimate of drug-likeness (QED) is 0.165. The van der Waals surface area contributed by atoms with E-state index in [1.165, 1.54) is 12.8 Å². The standard InChI is InChI=1S/C25H41N3O4.HI/c1-3-26-25(27-13-6-14-31-19-20-11-15-30-16-12-20)28-18-21-9-10-23(29-2)24(17-21)32-22-7-4-5-8-22;/h9-10,17,20,22H,3-8,11-16,18-19H2,1-2H3,(H2,26,27,28);1H. The van der Waals surface area contributed by atoms with Gasteiger partial charge in [-0.05, 0) is 75.5 Å². The van der Waals surface area contributed by atoms with E-state index in [1.807, 2.05) is 6.07 Å². The van der Waals surface area contributed by atoms with Crippen molar-refractivity contribution in [2.45, 2.75) is 64.5 Å². The summed E-state index contributed by atoms with van der Waals surface area (Å²) in [6.07, 6.45) is 8.23. The lowest BCUT2D eigenvalue weighted by molar-refractivity contribution is 0.0203. The highest BCUT2D eigenvalue weighted by molar-refractivity contribution is 14.0. The molecule has 1 aromatic rings. The highest BCUT2D eigenvalue weighted by Gasteiger charge is 2.18. The normalized spacial score (nSPS) is 17.5. The molecular weight excluding hydrogens is 533 g/mol. The van der Waals surface area contributed by atoms with Gasteiger partial charge in [-0.1, -0.05) is 6.07 Å². The van der Waals surface area contributed by atoms with E-state index in [2.05, 4.69) is 29.7 Å². The second kappa shape index (κ2) is 16.4. The van der Waals surface area contributed by atoms with Gasteiger partial charge in [-0.2, -0.15) is 0 Å². The molecule has 0 spiro atoms. The average Bonchev–Trinajstić information content (AvgIpc) is 3.33. The summed E-state index contributed by atoms with van der Waals surface area (Å²) < 4.78 is 23.0. The van der Waals surface area contributed by atoms with Gasteiger partial charge in [0.15, 0.2) is 17.5 Å². The predicted molar refractivity (Wildman–Crippen MR) is 143 cm³/mol. The number of nitrogens with zero attached hydrogens (tertiary/aromatic N) is 1. The summed E-state index contributed by atoms with van der Waals surface area (Å²) in [6.45, 7) is 7.68. The van der Waals surface area contributed by atoms with Gasteiger partial charge in [-0.25, -0.2) is 4.99 Å². The third-order valence-electron chi connectivity index (χ3n) is 6.04. The van der Waals surface area contributed by atoms with E-state index in [9.17, 15) is 0 Å². The van der Waals surface area contributed by atoms with Crippen molar-refractivity contribution in [3.8, 4) is 11.5 Å². The van der Waals surface area contributed by atoms with Crippen molar-refractivity contribution in [3.05, 3.63) is 23.8 Å². The summed E-state index contributed by atoms with van der Waals surface area (Å²) in [7, 11) is 1.69. The van der Waals surface area contributed by atoms with E-state index in [1.54, 1.807) is 7.11 Å². The Balaban J connectivity index is 0.00000385. The minimum absolute atomic E-state index is 0. The molecule has 2 N–H and O–H groups in total. The fourth-order valence-electron chi connectivity index (χ4n) is 4.15. The summed E-state index contributed by atoms with van der Waals surface area (Å²) >= 11 is 0. The van der Waals surface area contributed by atoms with Crippen molar-refractivity contribution in [2.75, 3.05) is 46.6 Å². The van der Waals surface area contributed by atoms with Crippen molar-refractivity contribution in [2.24, 2.45) is 10.9 Å². The number of nitrogens with one attached hydrogen (secondary N) is 2. The summed E-state index contributed by atoms with van der Waals surface area (Å²) in [5.41, 5.74) is 1.11. The second-order valence-electron chi connectivity index (χ2n) is 8.62. The SMILES string of the molecule is CCNC(=NCc1ccc(OC)c(OC2CCCC2)c1)NCCCOCC1CCOCC1.I. The number of ether oxygens (including phenoxy) is 4. The van der Waals surface area contributed by atoms with Crippen LogP contribution in [0.1, 0.15) is 57.4 Å². The fourth-order valence-corrected chi connectivity index (χ4v) is 4.15. The van der Waals surface area contributed by atoms with Crippen LogP contribution in [0.3, 0.4) is 0 Å². The first-order valence-corrected chi connectivity index (χ1v) is 12.3. The Morgan fingerprint density at radius 2 is 1.88 bits per heavy atom. The molecule has 1 aliphatic carbocycles. The number of methoxy groups -OCH3 is 1. The topological polar surface area (TPSA) is 73.3 Å². The maximum Gasteiger partial charge on any atom is 0.191 e. The molecule has 1 heterocycles. The molecule has 0 atom stereocenters. The van der Waals surface area contributed by atoms with Crippen LogP contribution in [0, 0.1) is 5.92 Å². The lowest BCUT2D eigenvalue weighted by atomic mass is 10.0. The minimum Gasteiger partial charge on any atom is -0.493 e. The number of hydrogen-bond acceptors (Lipinski definition) is 5. The van der Waals surface area contributed by atoms with Gasteiger partial charge >= 0.3 is 0 Å². The average molecular weight is 576 g/mol. The van der Waals surface area contributed by atoms with E-state index in [4.69, 9.17) is 23.9 Å². The zero-order chi connectivity index (χ0) is 22.4. The fraction of sp³-hybridized carbons (Fsp3) is 0.720. The Morgan fingerprint density at radius 1 is 1.09 bits per heavy atom. The molecule has 1 aliphatic heterocycles. The van der Waals surface area contributed by atoms with Crippen LogP contribution in [0.4, 0.5) is 0 Å². The predicted octanol–water partition coefficient (Wildman–Crippen LogP) is 4.52. The lowest BCUT2D eigenvalue weighted by Gasteiger charge is -2.21. The Morgan fingerprint density at radius 3 is 2.61 bits per heavy atom. The third kappa shape index (κ3) is 10.3. The van der Waals surface area contributed by atoms with Crippen LogP contribution >= 0.6 is 24.0 Å². The van der Waals surface area contributed by atoms with E-state index in [0.29, 0.717) is 18.6 Å². The first-order chi connectivity index (χ1) is 15.8. The third-order valence-corrected chi connectivity index (χ3v) is 6.04. The molecule has 1 aromatic carbocycles. The molecule has 7 nitrogen and oxygen atoms in total. The summed E-state index contributed by atoms with van der Waals surface area (Å²) in [5.74, 6) is 3.09. The van der Waals surface area contributed by atoms with Crippen LogP contribution in [-0.4, -0.2) is 58.7 Å². The van der Waals surface area contributed by atoms with Crippen LogP contribution in [0.2, 0.25) is 0 Å². The largest absolute Gasteiger partial charge is 0.493 e. The van der Waals surface area contributed by atoms with Gasteiger partial charge in [0.05, 0.1) is 19.8 Å². The number of aliphatic imine (C=N–C) groups is 1. The van der Waals surface area contributed by atoms with Gasteiger partial charge in [0, 0.05) is 39.5 Å². The summed E-state index contributed by atoms with van der Waals surface area (Å²) in [5, 5.41) is 6.73. The van der Waals surface area contributed by atoms with Crippen molar-refractivity contribution in [3.63, 3.8) is 0 Å². The van der Waals surface area contributed by atoms with Crippen molar-refractivity contribution in [1.82, 2.24) is 10.6 Å². The van der Waals surface area contributed by atoms with Crippen LogP contribution < -0.4 is 20.1 Å². The van der Waals surface area contributed by atoms with Crippen LogP contribution in [-0.2, 0) is 16.0 Å². The molecule has 0 bridgehead atoms. The molecule has 3 rings (SSSR count). The van der Waals surface area contributed by atoms with E-state index in [0.717, 1.165) is 94.6 Å². The van der Waals surface area contributed by atoms with Crippen molar-refractivity contribution >= 4 is 29.9 Å². The first kappa shape index (κ1) is 28.0. The highest BCUT2D eigenvalue weighted by atomic mass is 127. The summed E-state index contributed by atoms with van der Waals surface area (Å²) in [6, 6.07) is 6.09. The smallest absolute Gasteiger partial charge is 0.191 e. The van der Waals surface area contributed by atoms with Crippen molar-refractivity contribution < 1.29 is 18.9 Å². The Kier molecular flexibility index (Phi) is 13.9. The van der Waals surface area contributed by atoms with Crippen LogP contribution in [0.5, 0.6) is 11.5 Å². The van der Waals surface area contributed by atoms with Gasteiger partial charge in [0.1, 0.15) is 0 Å². The van der Waals surface area contributed by atoms with Gasteiger partial charge in [-0.15, -0.1) is 24.0 Å².